The quantitative estimate of drug-likeness (QED) is 0.776. The summed E-state index contributed by atoms with van der Waals surface area (Å²) in [7, 11) is 1.91. The molecule has 0 bridgehead atoms. The van der Waals surface area contributed by atoms with Crippen molar-refractivity contribution in [3.8, 4) is 0 Å². The summed E-state index contributed by atoms with van der Waals surface area (Å²) in [6, 6.07) is 9.26. The fourth-order valence-electron chi connectivity index (χ4n) is 3.02. The number of imidazole rings is 1. The van der Waals surface area contributed by atoms with Crippen LogP contribution in [0.25, 0.3) is 11.0 Å². The number of hydrogen-bond donors (Lipinski definition) is 2. The Morgan fingerprint density at radius 1 is 1.29 bits per heavy atom. The van der Waals surface area contributed by atoms with Crippen molar-refractivity contribution in [2.45, 2.75) is 26.8 Å². The summed E-state index contributed by atoms with van der Waals surface area (Å²) in [4.78, 5) is 31.9. The molecule has 0 aliphatic rings. The van der Waals surface area contributed by atoms with Crippen LogP contribution in [-0.2, 0) is 7.05 Å². The number of carbonyl (C=O) groups is 1. The van der Waals surface area contributed by atoms with Gasteiger partial charge >= 0.3 is 0 Å². The van der Waals surface area contributed by atoms with E-state index in [1.165, 1.54) is 0 Å². The number of nitrogens with one attached hydrogen (secondary N) is 2. The SMILES string of the molecule is Cc1cc(C)c(C(=O)NC(C)c2nc3ccccc3n2C)c(=O)[nH]1. The van der Waals surface area contributed by atoms with E-state index in [1.807, 2.05) is 42.8 Å². The Bertz CT molecular complexity index is 984. The maximum atomic E-state index is 12.5. The number of aryl methyl sites for hydroxylation is 3. The van der Waals surface area contributed by atoms with Crippen LogP contribution < -0.4 is 10.9 Å². The lowest BCUT2D eigenvalue weighted by molar-refractivity contribution is 0.0935. The Morgan fingerprint density at radius 2 is 2.00 bits per heavy atom. The number of benzene rings is 1. The van der Waals surface area contributed by atoms with Crippen LogP contribution in [0.1, 0.15) is 40.4 Å². The molecule has 0 saturated heterocycles. The molecule has 0 radical (unpaired) electrons. The minimum absolute atomic E-state index is 0.145. The van der Waals surface area contributed by atoms with E-state index < -0.39 is 5.91 Å². The molecule has 6 nitrogen and oxygen atoms in total. The average molecular weight is 324 g/mol. The number of amides is 1. The van der Waals surface area contributed by atoms with Crippen LogP contribution in [0.3, 0.4) is 0 Å². The lowest BCUT2D eigenvalue weighted by Crippen LogP contribution is -2.33. The maximum Gasteiger partial charge on any atom is 0.261 e. The molecule has 0 spiro atoms. The van der Waals surface area contributed by atoms with E-state index in [0.29, 0.717) is 5.56 Å². The number of nitrogens with zero attached hydrogens (tertiary/aromatic N) is 2. The van der Waals surface area contributed by atoms with Crippen molar-refractivity contribution in [1.29, 1.82) is 0 Å². The highest BCUT2D eigenvalue weighted by molar-refractivity contribution is 5.95. The van der Waals surface area contributed by atoms with E-state index in [0.717, 1.165) is 22.6 Å². The summed E-state index contributed by atoms with van der Waals surface area (Å²) < 4.78 is 1.95. The van der Waals surface area contributed by atoms with E-state index in [2.05, 4.69) is 15.3 Å². The van der Waals surface area contributed by atoms with Gasteiger partial charge in [-0.1, -0.05) is 12.1 Å². The number of aromatic amines is 1. The zero-order valence-electron chi connectivity index (χ0n) is 14.2. The number of pyridine rings is 1. The first-order valence-corrected chi connectivity index (χ1v) is 7.81. The predicted molar refractivity (Wildman–Crippen MR) is 93.1 cm³/mol. The number of rotatable bonds is 3. The van der Waals surface area contributed by atoms with Gasteiger partial charge in [0, 0.05) is 12.7 Å². The molecule has 1 atom stereocenters. The third kappa shape index (κ3) is 2.71. The Labute approximate surface area is 139 Å². The Balaban J connectivity index is 1.92. The van der Waals surface area contributed by atoms with Crippen LogP contribution in [0.2, 0.25) is 0 Å². The number of H-pyrrole nitrogens is 1. The van der Waals surface area contributed by atoms with Crippen LogP contribution in [0.5, 0.6) is 0 Å². The summed E-state index contributed by atoms with van der Waals surface area (Å²) in [5.74, 6) is 0.346. The number of para-hydroxylation sites is 2. The molecule has 1 unspecified atom stereocenters. The highest BCUT2D eigenvalue weighted by Gasteiger charge is 2.20. The first kappa shape index (κ1) is 16.0. The minimum atomic E-state index is -0.395. The summed E-state index contributed by atoms with van der Waals surface area (Å²) in [5.41, 5.74) is 3.04. The van der Waals surface area contributed by atoms with Gasteiger partial charge in [-0.25, -0.2) is 4.98 Å². The highest BCUT2D eigenvalue weighted by Crippen LogP contribution is 2.19. The maximum absolute atomic E-state index is 12.5. The van der Waals surface area contributed by atoms with Gasteiger partial charge in [-0.15, -0.1) is 0 Å². The lowest BCUT2D eigenvalue weighted by Gasteiger charge is -2.14. The van der Waals surface area contributed by atoms with Gasteiger partial charge in [-0.2, -0.15) is 0 Å². The van der Waals surface area contributed by atoms with Gasteiger partial charge < -0.3 is 14.9 Å². The first-order chi connectivity index (χ1) is 11.4. The summed E-state index contributed by atoms with van der Waals surface area (Å²) in [5, 5.41) is 2.87. The first-order valence-electron chi connectivity index (χ1n) is 7.81. The molecule has 3 aromatic rings. The Kier molecular flexibility index (Phi) is 3.97. The number of aromatic nitrogens is 3. The zero-order chi connectivity index (χ0) is 17.4. The second-order valence-corrected chi connectivity index (χ2v) is 6.05. The molecule has 1 aromatic carbocycles. The average Bonchev–Trinajstić information content (AvgIpc) is 2.84. The molecule has 0 aliphatic heterocycles. The molecule has 2 heterocycles. The normalized spacial score (nSPS) is 12.3. The fourth-order valence-corrected chi connectivity index (χ4v) is 3.02. The van der Waals surface area contributed by atoms with Gasteiger partial charge in [0.15, 0.2) is 0 Å². The second kappa shape index (κ2) is 5.96. The molecule has 124 valence electrons. The van der Waals surface area contributed by atoms with Crippen molar-refractivity contribution in [1.82, 2.24) is 19.9 Å². The number of carbonyl (C=O) groups excluding carboxylic acids is 1. The second-order valence-electron chi connectivity index (χ2n) is 6.05. The van der Waals surface area contributed by atoms with Crippen molar-refractivity contribution in [2.75, 3.05) is 0 Å². The van der Waals surface area contributed by atoms with Crippen molar-refractivity contribution in [2.24, 2.45) is 7.05 Å². The minimum Gasteiger partial charge on any atom is -0.342 e. The van der Waals surface area contributed by atoms with E-state index in [-0.39, 0.29) is 17.2 Å². The standard InChI is InChI=1S/C18H20N4O2/c1-10-9-11(2)19-17(23)15(10)18(24)20-12(3)16-21-13-7-5-6-8-14(13)22(16)4/h5-9,12H,1-4H3,(H,19,23)(H,20,24). The lowest BCUT2D eigenvalue weighted by atomic mass is 10.1. The van der Waals surface area contributed by atoms with Crippen molar-refractivity contribution in [3.05, 3.63) is 63.3 Å². The van der Waals surface area contributed by atoms with E-state index >= 15 is 0 Å². The molecular formula is C18H20N4O2. The summed E-state index contributed by atoms with van der Waals surface area (Å²) in [6.07, 6.45) is 0. The molecule has 24 heavy (non-hydrogen) atoms. The molecule has 3 rings (SSSR count). The van der Waals surface area contributed by atoms with Crippen LogP contribution in [0, 0.1) is 13.8 Å². The molecule has 6 heteroatoms. The smallest absolute Gasteiger partial charge is 0.261 e. The molecule has 1 amide bonds. The third-order valence-electron chi connectivity index (χ3n) is 4.15. The van der Waals surface area contributed by atoms with E-state index in [9.17, 15) is 9.59 Å². The molecule has 0 saturated carbocycles. The van der Waals surface area contributed by atoms with E-state index in [1.54, 1.807) is 19.9 Å². The molecule has 2 aromatic heterocycles. The topological polar surface area (TPSA) is 79.8 Å². The van der Waals surface area contributed by atoms with Gasteiger partial charge in [0.05, 0.1) is 17.1 Å². The Hall–Kier alpha value is -2.89. The largest absolute Gasteiger partial charge is 0.342 e. The molecule has 0 fully saturated rings. The van der Waals surface area contributed by atoms with Crippen molar-refractivity contribution < 1.29 is 4.79 Å². The van der Waals surface area contributed by atoms with E-state index in [4.69, 9.17) is 0 Å². The van der Waals surface area contributed by atoms with Gasteiger partial charge in [-0.3, -0.25) is 9.59 Å². The van der Waals surface area contributed by atoms with Crippen molar-refractivity contribution in [3.63, 3.8) is 0 Å². The van der Waals surface area contributed by atoms with Gasteiger partial charge in [0.25, 0.3) is 11.5 Å². The van der Waals surface area contributed by atoms with Crippen LogP contribution >= 0.6 is 0 Å². The molecular weight excluding hydrogens is 304 g/mol. The predicted octanol–water partition coefficient (Wildman–Crippen LogP) is 2.37. The molecule has 2 N–H and O–H groups in total. The molecule has 0 aliphatic carbocycles. The van der Waals surface area contributed by atoms with Crippen LogP contribution in [0.4, 0.5) is 0 Å². The van der Waals surface area contributed by atoms with Gasteiger partial charge in [0.1, 0.15) is 11.4 Å². The van der Waals surface area contributed by atoms with Gasteiger partial charge in [0.2, 0.25) is 0 Å². The highest BCUT2D eigenvalue weighted by atomic mass is 16.2. The monoisotopic (exact) mass is 324 g/mol. The van der Waals surface area contributed by atoms with Crippen LogP contribution in [-0.4, -0.2) is 20.4 Å². The Morgan fingerprint density at radius 3 is 2.67 bits per heavy atom. The zero-order valence-corrected chi connectivity index (χ0v) is 14.2. The van der Waals surface area contributed by atoms with Crippen LogP contribution in [0.15, 0.2) is 35.1 Å². The summed E-state index contributed by atoms with van der Waals surface area (Å²) in [6.45, 7) is 5.41. The van der Waals surface area contributed by atoms with Gasteiger partial charge in [-0.05, 0) is 44.5 Å². The number of hydrogen-bond acceptors (Lipinski definition) is 3. The van der Waals surface area contributed by atoms with Crippen molar-refractivity contribution >= 4 is 16.9 Å². The summed E-state index contributed by atoms with van der Waals surface area (Å²) >= 11 is 0. The number of fused-ring (bicyclic) bond motifs is 1. The third-order valence-corrected chi connectivity index (χ3v) is 4.15. The fraction of sp³-hybridized carbons (Fsp3) is 0.278.